The number of aliphatic hydroxyl groups is 1. The minimum atomic E-state index is -0.686. The fraction of sp³-hybridized carbons (Fsp3) is 0.364. The highest BCUT2D eigenvalue weighted by atomic mass is 16.5. The molecule has 0 spiro atoms. The molecule has 1 N–H and O–H groups in total. The van der Waals surface area contributed by atoms with Gasteiger partial charge in [-0.25, -0.2) is 0 Å². The van der Waals surface area contributed by atoms with Crippen LogP contribution in [0, 0.1) is 6.92 Å². The van der Waals surface area contributed by atoms with Crippen molar-refractivity contribution < 1.29 is 9.84 Å². The Bertz CT molecular complexity index is 730. The van der Waals surface area contributed by atoms with Crippen molar-refractivity contribution in [3.8, 4) is 5.75 Å². The van der Waals surface area contributed by atoms with Crippen molar-refractivity contribution in [1.82, 2.24) is 4.90 Å². The first kappa shape index (κ1) is 17.7. The first-order chi connectivity index (χ1) is 12.1. The third kappa shape index (κ3) is 4.30. The molecule has 1 aliphatic rings. The van der Waals surface area contributed by atoms with Gasteiger partial charge in [0.15, 0.2) is 0 Å². The molecule has 3 rings (SSSR count). The van der Waals surface area contributed by atoms with Crippen molar-refractivity contribution in [3.63, 3.8) is 0 Å². The van der Waals surface area contributed by atoms with Crippen LogP contribution < -0.4 is 4.74 Å². The predicted molar refractivity (Wildman–Crippen MR) is 103 cm³/mol. The van der Waals surface area contributed by atoms with Crippen LogP contribution in [-0.2, 0) is 5.60 Å². The third-order valence-electron chi connectivity index (χ3n) is 5.04. The Balaban J connectivity index is 1.57. The summed E-state index contributed by atoms with van der Waals surface area (Å²) in [5.41, 5.74) is 2.66. The van der Waals surface area contributed by atoms with Gasteiger partial charge < -0.3 is 9.84 Å². The molecule has 1 aliphatic heterocycles. The molecule has 0 aromatic heterocycles. The number of ether oxygens (including phenoxy) is 1. The van der Waals surface area contributed by atoms with E-state index in [1.54, 1.807) is 7.11 Å². The lowest BCUT2D eigenvalue weighted by Gasteiger charge is -2.38. The number of para-hydroxylation sites is 1. The lowest BCUT2D eigenvalue weighted by molar-refractivity contribution is -0.0234. The van der Waals surface area contributed by atoms with Crippen LogP contribution in [0.3, 0.4) is 0 Å². The van der Waals surface area contributed by atoms with Crippen LogP contribution in [0.5, 0.6) is 5.75 Å². The maximum Gasteiger partial charge on any atom is 0.126 e. The van der Waals surface area contributed by atoms with Crippen LogP contribution in [0.25, 0.3) is 6.08 Å². The second-order valence-corrected chi connectivity index (χ2v) is 6.85. The molecule has 0 saturated carbocycles. The average molecular weight is 337 g/mol. The molecule has 0 bridgehead atoms. The maximum absolute atomic E-state index is 11.0. The highest BCUT2D eigenvalue weighted by Crippen LogP contribution is 2.33. The van der Waals surface area contributed by atoms with Crippen LogP contribution in [0.2, 0.25) is 0 Å². The summed E-state index contributed by atoms with van der Waals surface area (Å²) >= 11 is 0. The van der Waals surface area contributed by atoms with Gasteiger partial charge in [-0.2, -0.15) is 0 Å². The number of aryl methyl sites for hydroxylation is 1. The molecule has 0 amide bonds. The molecule has 25 heavy (non-hydrogen) atoms. The molecule has 3 heteroatoms. The van der Waals surface area contributed by atoms with Crippen molar-refractivity contribution >= 4 is 6.08 Å². The fourth-order valence-electron chi connectivity index (χ4n) is 3.46. The van der Waals surface area contributed by atoms with Gasteiger partial charge in [0.2, 0.25) is 0 Å². The predicted octanol–water partition coefficient (Wildman–Crippen LogP) is 4.00. The summed E-state index contributed by atoms with van der Waals surface area (Å²) in [6, 6.07) is 16.3. The van der Waals surface area contributed by atoms with Gasteiger partial charge in [0.05, 0.1) is 12.7 Å². The minimum Gasteiger partial charge on any atom is -0.496 e. The maximum atomic E-state index is 11.0. The van der Waals surface area contributed by atoms with Crippen LogP contribution in [-0.4, -0.2) is 36.8 Å². The molecule has 132 valence electrons. The zero-order valence-electron chi connectivity index (χ0n) is 15.1. The molecule has 3 nitrogen and oxygen atoms in total. The summed E-state index contributed by atoms with van der Waals surface area (Å²) in [6.07, 6.45) is 5.84. The van der Waals surface area contributed by atoms with Crippen molar-refractivity contribution in [3.05, 3.63) is 71.3 Å². The second kappa shape index (κ2) is 7.85. The Morgan fingerprint density at radius 1 is 1.12 bits per heavy atom. The largest absolute Gasteiger partial charge is 0.496 e. The highest BCUT2D eigenvalue weighted by Gasteiger charge is 2.33. The number of piperidine rings is 1. The molecule has 2 aromatic carbocycles. The number of rotatable bonds is 5. The molecule has 0 radical (unpaired) electrons. The Hall–Kier alpha value is -2.10. The fourth-order valence-corrected chi connectivity index (χ4v) is 3.46. The van der Waals surface area contributed by atoms with Gasteiger partial charge >= 0.3 is 0 Å². The molecule has 1 heterocycles. The standard InChI is InChI=1S/C22H27NO2/c1-18-7-5-10-20(17-18)22(24)12-15-23(16-13-22)14-6-9-19-8-3-4-11-21(19)25-2/h3-11,17,24H,12-16H2,1-2H3. The number of hydrogen-bond donors (Lipinski definition) is 1. The Morgan fingerprint density at radius 3 is 2.60 bits per heavy atom. The van der Waals surface area contributed by atoms with E-state index in [4.69, 9.17) is 4.74 Å². The van der Waals surface area contributed by atoms with Crippen LogP contribution >= 0.6 is 0 Å². The van der Waals surface area contributed by atoms with E-state index in [1.165, 1.54) is 5.56 Å². The summed E-state index contributed by atoms with van der Waals surface area (Å²) < 4.78 is 5.38. The molecule has 0 aliphatic carbocycles. The molecular weight excluding hydrogens is 310 g/mol. The average Bonchev–Trinajstić information content (AvgIpc) is 2.64. The van der Waals surface area contributed by atoms with E-state index in [-0.39, 0.29) is 0 Å². The molecule has 1 fully saturated rings. The summed E-state index contributed by atoms with van der Waals surface area (Å²) in [6.45, 7) is 4.77. The van der Waals surface area contributed by atoms with Gasteiger partial charge in [-0.1, -0.05) is 60.2 Å². The van der Waals surface area contributed by atoms with E-state index in [0.717, 1.165) is 49.4 Å². The van der Waals surface area contributed by atoms with Crippen molar-refractivity contribution in [2.24, 2.45) is 0 Å². The highest BCUT2D eigenvalue weighted by molar-refractivity contribution is 5.57. The van der Waals surface area contributed by atoms with Crippen molar-refractivity contribution in [2.75, 3.05) is 26.7 Å². The number of benzene rings is 2. The topological polar surface area (TPSA) is 32.7 Å². The first-order valence-corrected chi connectivity index (χ1v) is 8.92. The van der Waals surface area contributed by atoms with Crippen LogP contribution in [0.4, 0.5) is 0 Å². The molecule has 0 atom stereocenters. The van der Waals surface area contributed by atoms with E-state index in [1.807, 2.05) is 30.3 Å². The molecule has 1 saturated heterocycles. The smallest absolute Gasteiger partial charge is 0.126 e. The summed E-state index contributed by atoms with van der Waals surface area (Å²) in [5, 5.41) is 11.0. The summed E-state index contributed by atoms with van der Waals surface area (Å²) in [4.78, 5) is 2.39. The van der Waals surface area contributed by atoms with Crippen molar-refractivity contribution in [1.29, 1.82) is 0 Å². The van der Waals surface area contributed by atoms with Crippen LogP contribution in [0.1, 0.15) is 29.5 Å². The first-order valence-electron chi connectivity index (χ1n) is 8.92. The molecular formula is C22H27NO2. The third-order valence-corrected chi connectivity index (χ3v) is 5.04. The SMILES string of the molecule is COc1ccccc1C=CCN1CCC(O)(c2cccc(C)c2)CC1. The number of hydrogen-bond acceptors (Lipinski definition) is 3. The van der Waals surface area contributed by atoms with Gasteiger partial charge in [0, 0.05) is 25.2 Å². The van der Waals surface area contributed by atoms with Gasteiger partial charge in [-0.05, 0) is 31.4 Å². The van der Waals surface area contributed by atoms with E-state index in [0.29, 0.717) is 0 Å². The van der Waals surface area contributed by atoms with Gasteiger partial charge in [0.25, 0.3) is 0 Å². The Labute approximate surface area is 150 Å². The summed E-state index contributed by atoms with van der Waals surface area (Å²) in [5.74, 6) is 0.895. The Kier molecular flexibility index (Phi) is 5.57. The quantitative estimate of drug-likeness (QED) is 0.895. The molecule has 0 unspecified atom stereocenters. The minimum absolute atomic E-state index is 0.686. The molecule has 2 aromatic rings. The van der Waals surface area contributed by atoms with E-state index in [9.17, 15) is 5.11 Å². The van der Waals surface area contributed by atoms with E-state index < -0.39 is 5.60 Å². The monoisotopic (exact) mass is 337 g/mol. The lowest BCUT2D eigenvalue weighted by atomic mass is 9.84. The van der Waals surface area contributed by atoms with Crippen molar-refractivity contribution in [2.45, 2.75) is 25.4 Å². The van der Waals surface area contributed by atoms with E-state index in [2.05, 4.69) is 42.2 Å². The van der Waals surface area contributed by atoms with Gasteiger partial charge in [0.1, 0.15) is 5.75 Å². The summed E-state index contributed by atoms with van der Waals surface area (Å²) in [7, 11) is 1.70. The number of likely N-dealkylation sites (tertiary alicyclic amines) is 1. The lowest BCUT2D eigenvalue weighted by Crippen LogP contribution is -2.42. The normalized spacial score (nSPS) is 17.7. The van der Waals surface area contributed by atoms with Gasteiger partial charge in [-0.3, -0.25) is 4.90 Å². The number of methoxy groups -OCH3 is 1. The van der Waals surface area contributed by atoms with Gasteiger partial charge in [-0.15, -0.1) is 0 Å². The van der Waals surface area contributed by atoms with Crippen LogP contribution in [0.15, 0.2) is 54.6 Å². The second-order valence-electron chi connectivity index (χ2n) is 6.85. The zero-order chi connectivity index (χ0) is 17.7. The Morgan fingerprint density at radius 2 is 1.88 bits per heavy atom. The van der Waals surface area contributed by atoms with E-state index >= 15 is 0 Å². The number of nitrogens with zero attached hydrogens (tertiary/aromatic N) is 1. The zero-order valence-corrected chi connectivity index (χ0v) is 15.1.